The molecule has 78 valence electrons. The molecule has 0 aromatic heterocycles. The van der Waals surface area contributed by atoms with Crippen LogP contribution in [0.15, 0.2) is 12.1 Å². The van der Waals surface area contributed by atoms with Crippen LogP contribution in [0.3, 0.4) is 0 Å². The molecule has 0 saturated heterocycles. The Bertz CT molecular complexity index is 303. The highest BCUT2D eigenvalue weighted by Gasteiger charge is 2.14. The Morgan fingerprint density at radius 2 is 1.86 bits per heavy atom. The van der Waals surface area contributed by atoms with Crippen LogP contribution >= 0.6 is 11.6 Å². The number of hydrogen-bond donors (Lipinski definition) is 0. The Kier molecular flexibility index (Phi) is 3.69. The summed E-state index contributed by atoms with van der Waals surface area (Å²) in [5, 5.41) is -0.422. The highest BCUT2D eigenvalue weighted by atomic mass is 35.5. The summed E-state index contributed by atoms with van der Waals surface area (Å²) in [6.45, 7) is 3.54. The zero-order valence-electron chi connectivity index (χ0n) is 7.98. The van der Waals surface area contributed by atoms with Gasteiger partial charge < -0.3 is 4.74 Å². The van der Waals surface area contributed by atoms with Crippen LogP contribution in [0, 0.1) is 11.6 Å². The zero-order chi connectivity index (χ0) is 10.7. The first-order chi connectivity index (χ1) is 6.56. The van der Waals surface area contributed by atoms with Crippen molar-refractivity contribution in [2.45, 2.75) is 19.2 Å². The molecule has 1 aromatic carbocycles. The monoisotopic (exact) mass is 220 g/mol. The molecule has 0 N–H and O–H groups in total. The SMILES string of the molecule is CCOc1c(F)cc(C(C)Cl)cc1F. The number of ether oxygens (including phenoxy) is 1. The van der Waals surface area contributed by atoms with E-state index >= 15 is 0 Å². The molecule has 0 aliphatic carbocycles. The van der Waals surface area contributed by atoms with Crippen molar-refractivity contribution < 1.29 is 13.5 Å². The van der Waals surface area contributed by atoms with E-state index in [1.807, 2.05) is 0 Å². The van der Waals surface area contributed by atoms with E-state index in [2.05, 4.69) is 0 Å². The van der Waals surface area contributed by atoms with Gasteiger partial charge in [-0.1, -0.05) is 0 Å². The molecule has 0 fully saturated rings. The third kappa shape index (κ3) is 2.35. The molecule has 14 heavy (non-hydrogen) atoms. The molecule has 1 atom stereocenters. The van der Waals surface area contributed by atoms with E-state index in [0.29, 0.717) is 5.56 Å². The van der Waals surface area contributed by atoms with Gasteiger partial charge in [0.15, 0.2) is 17.4 Å². The van der Waals surface area contributed by atoms with Gasteiger partial charge in [-0.3, -0.25) is 0 Å². The summed E-state index contributed by atoms with van der Waals surface area (Å²) in [5.41, 5.74) is 0.408. The minimum atomic E-state index is -0.714. The second-order valence-corrected chi connectivity index (χ2v) is 3.52. The summed E-state index contributed by atoms with van der Waals surface area (Å²) in [6, 6.07) is 2.37. The third-order valence-corrected chi connectivity index (χ3v) is 2.02. The van der Waals surface area contributed by atoms with Crippen LogP contribution in [0.25, 0.3) is 0 Å². The van der Waals surface area contributed by atoms with Gasteiger partial charge in [0.2, 0.25) is 0 Å². The molecule has 1 aromatic rings. The van der Waals surface area contributed by atoms with Crippen molar-refractivity contribution in [2.24, 2.45) is 0 Å². The van der Waals surface area contributed by atoms with Crippen LogP contribution in [0.5, 0.6) is 5.75 Å². The van der Waals surface area contributed by atoms with Crippen molar-refractivity contribution in [3.8, 4) is 5.75 Å². The quantitative estimate of drug-likeness (QED) is 0.707. The molecule has 0 aliphatic rings. The van der Waals surface area contributed by atoms with E-state index < -0.39 is 17.0 Å². The maximum Gasteiger partial charge on any atom is 0.190 e. The van der Waals surface area contributed by atoms with Gasteiger partial charge in [0.1, 0.15) is 0 Å². The average molecular weight is 221 g/mol. The molecule has 1 rings (SSSR count). The molecule has 0 spiro atoms. The molecule has 1 nitrogen and oxygen atoms in total. The number of halogens is 3. The topological polar surface area (TPSA) is 9.23 Å². The lowest BCUT2D eigenvalue weighted by Crippen LogP contribution is -1.99. The predicted octanol–water partition coefficient (Wildman–Crippen LogP) is 3.66. The van der Waals surface area contributed by atoms with Crippen LogP contribution < -0.4 is 4.74 Å². The summed E-state index contributed by atoms with van der Waals surface area (Å²) in [7, 11) is 0. The molecule has 0 saturated carbocycles. The van der Waals surface area contributed by atoms with Crippen molar-refractivity contribution in [1.82, 2.24) is 0 Å². The molecular formula is C10H11ClF2O. The maximum atomic E-state index is 13.2. The van der Waals surface area contributed by atoms with Crippen molar-refractivity contribution in [3.63, 3.8) is 0 Å². The summed E-state index contributed by atoms with van der Waals surface area (Å²) < 4.78 is 31.3. The van der Waals surface area contributed by atoms with Crippen molar-refractivity contribution in [3.05, 3.63) is 29.3 Å². The Balaban J connectivity index is 3.11. The van der Waals surface area contributed by atoms with Gasteiger partial charge in [-0.25, -0.2) is 8.78 Å². The smallest absolute Gasteiger partial charge is 0.190 e. The third-order valence-electron chi connectivity index (χ3n) is 1.77. The molecule has 0 amide bonds. The fraction of sp³-hybridized carbons (Fsp3) is 0.400. The molecule has 0 aliphatic heterocycles. The lowest BCUT2D eigenvalue weighted by Gasteiger charge is -2.09. The van der Waals surface area contributed by atoms with Gasteiger partial charge in [0.05, 0.1) is 12.0 Å². The summed E-state index contributed by atoms with van der Waals surface area (Å²) in [5.74, 6) is -1.77. The van der Waals surface area contributed by atoms with Crippen LogP contribution in [0.1, 0.15) is 24.8 Å². The van der Waals surface area contributed by atoms with E-state index in [0.717, 1.165) is 0 Å². The molecular weight excluding hydrogens is 210 g/mol. The number of benzene rings is 1. The molecule has 4 heteroatoms. The van der Waals surface area contributed by atoms with Crippen molar-refractivity contribution in [1.29, 1.82) is 0 Å². The number of rotatable bonds is 3. The van der Waals surface area contributed by atoms with E-state index in [9.17, 15) is 8.78 Å². The van der Waals surface area contributed by atoms with Crippen LogP contribution in [0.4, 0.5) is 8.78 Å². The lowest BCUT2D eigenvalue weighted by atomic mass is 10.1. The second-order valence-electron chi connectivity index (χ2n) is 2.86. The Morgan fingerprint density at radius 1 is 1.36 bits per heavy atom. The van der Waals surface area contributed by atoms with Gasteiger partial charge in [-0.15, -0.1) is 11.6 Å². The zero-order valence-corrected chi connectivity index (χ0v) is 8.74. The molecule has 1 unspecified atom stereocenters. The Morgan fingerprint density at radius 3 is 2.21 bits per heavy atom. The Hall–Kier alpha value is -0.830. The summed E-state index contributed by atoms with van der Waals surface area (Å²) in [6.07, 6.45) is 0. The lowest BCUT2D eigenvalue weighted by molar-refractivity contribution is 0.302. The minimum Gasteiger partial charge on any atom is -0.488 e. The van der Waals surface area contributed by atoms with E-state index in [4.69, 9.17) is 16.3 Å². The largest absolute Gasteiger partial charge is 0.488 e. The molecule has 0 bridgehead atoms. The highest BCUT2D eigenvalue weighted by molar-refractivity contribution is 6.20. The minimum absolute atomic E-state index is 0.226. The first kappa shape index (κ1) is 11.2. The van der Waals surface area contributed by atoms with Gasteiger partial charge >= 0.3 is 0 Å². The molecule has 0 radical (unpaired) electrons. The van der Waals surface area contributed by atoms with Crippen molar-refractivity contribution >= 4 is 11.6 Å². The first-order valence-electron chi connectivity index (χ1n) is 4.32. The van der Waals surface area contributed by atoms with Crippen LogP contribution in [-0.2, 0) is 0 Å². The van der Waals surface area contributed by atoms with Gasteiger partial charge in [0, 0.05) is 0 Å². The summed E-state index contributed by atoms with van der Waals surface area (Å²) in [4.78, 5) is 0. The van der Waals surface area contributed by atoms with Crippen molar-refractivity contribution in [2.75, 3.05) is 6.61 Å². The maximum absolute atomic E-state index is 13.2. The van der Waals surface area contributed by atoms with Gasteiger partial charge in [0.25, 0.3) is 0 Å². The standard InChI is InChI=1S/C10H11ClF2O/c1-3-14-10-8(12)4-7(6(2)11)5-9(10)13/h4-6H,3H2,1-2H3. The number of hydrogen-bond acceptors (Lipinski definition) is 1. The van der Waals surface area contributed by atoms with Gasteiger partial charge in [-0.05, 0) is 31.5 Å². The fourth-order valence-electron chi connectivity index (χ4n) is 1.09. The summed E-state index contributed by atoms with van der Waals surface area (Å²) >= 11 is 5.70. The average Bonchev–Trinajstić information content (AvgIpc) is 2.10. The Labute approximate surface area is 86.6 Å². The van der Waals surface area contributed by atoms with Crippen LogP contribution in [0.2, 0.25) is 0 Å². The fourth-order valence-corrected chi connectivity index (χ4v) is 1.22. The second kappa shape index (κ2) is 4.60. The first-order valence-corrected chi connectivity index (χ1v) is 4.75. The van der Waals surface area contributed by atoms with E-state index in [1.165, 1.54) is 12.1 Å². The predicted molar refractivity (Wildman–Crippen MR) is 51.8 cm³/mol. The van der Waals surface area contributed by atoms with Crippen LogP contribution in [-0.4, -0.2) is 6.61 Å². The number of alkyl halides is 1. The van der Waals surface area contributed by atoms with Gasteiger partial charge in [-0.2, -0.15) is 0 Å². The highest BCUT2D eigenvalue weighted by Crippen LogP contribution is 2.28. The molecule has 0 heterocycles. The normalized spacial score (nSPS) is 12.6. The van der Waals surface area contributed by atoms with E-state index in [-0.39, 0.29) is 12.4 Å². The van der Waals surface area contributed by atoms with E-state index in [1.54, 1.807) is 13.8 Å².